The van der Waals surface area contributed by atoms with E-state index in [4.69, 9.17) is 9.84 Å². The summed E-state index contributed by atoms with van der Waals surface area (Å²) >= 11 is 0. The number of methoxy groups -OCH3 is 1. The second kappa shape index (κ2) is 7.21. The lowest BCUT2D eigenvalue weighted by Crippen LogP contribution is -2.59. The summed E-state index contributed by atoms with van der Waals surface area (Å²) in [6.45, 7) is 1.47. The van der Waals surface area contributed by atoms with E-state index in [0.717, 1.165) is 0 Å². The lowest BCUT2D eigenvalue weighted by molar-refractivity contribution is -0.136. The number of amides is 2. The summed E-state index contributed by atoms with van der Waals surface area (Å²) < 4.78 is 4.91. The average Bonchev–Trinajstić information content (AvgIpc) is 2.34. The van der Waals surface area contributed by atoms with Crippen LogP contribution in [0.15, 0.2) is 0 Å². The van der Waals surface area contributed by atoms with Gasteiger partial charge in [0, 0.05) is 26.7 Å². The molecule has 17 heavy (non-hydrogen) atoms. The molecule has 1 saturated heterocycles. The first-order valence-corrected chi connectivity index (χ1v) is 5.57. The molecule has 0 aliphatic carbocycles. The molecule has 1 atom stereocenters. The van der Waals surface area contributed by atoms with E-state index in [1.807, 2.05) is 0 Å². The predicted octanol–water partition coefficient (Wildman–Crippen LogP) is -2.46. The van der Waals surface area contributed by atoms with Crippen LogP contribution in [0.1, 0.15) is 0 Å². The summed E-state index contributed by atoms with van der Waals surface area (Å²) in [7, 11) is 1.56. The van der Waals surface area contributed by atoms with Gasteiger partial charge in [-0.25, -0.2) is 0 Å². The first-order chi connectivity index (χ1) is 8.19. The van der Waals surface area contributed by atoms with Crippen LogP contribution in [0.2, 0.25) is 0 Å². The standard InChI is InChI=1S/C10H19N3O4/c1-17-5-3-13(2-4-14)10(16)8-6-12-9(15)7-11-8/h8,11,14H,2-7H2,1H3,(H,12,15). The zero-order chi connectivity index (χ0) is 12.7. The highest BCUT2D eigenvalue weighted by atomic mass is 16.5. The van der Waals surface area contributed by atoms with Crippen LogP contribution in [-0.2, 0) is 14.3 Å². The van der Waals surface area contributed by atoms with E-state index in [1.165, 1.54) is 4.90 Å². The molecule has 1 aliphatic heterocycles. The second-order valence-electron chi connectivity index (χ2n) is 3.78. The number of carbonyl (C=O) groups excluding carboxylic acids is 2. The van der Waals surface area contributed by atoms with Crippen molar-refractivity contribution in [2.45, 2.75) is 6.04 Å². The van der Waals surface area contributed by atoms with Gasteiger partial charge < -0.3 is 20.1 Å². The minimum atomic E-state index is -0.420. The first kappa shape index (κ1) is 13.9. The Bertz CT molecular complexity index is 262. The van der Waals surface area contributed by atoms with Crippen LogP contribution >= 0.6 is 0 Å². The van der Waals surface area contributed by atoms with Gasteiger partial charge in [0.05, 0.1) is 19.8 Å². The van der Waals surface area contributed by atoms with Gasteiger partial charge in [-0.15, -0.1) is 0 Å². The normalized spacial score (nSPS) is 19.9. The highest BCUT2D eigenvalue weighted by Gasteiger charge is 2.27. The number of rotatable bonds is 6. The van der Waals surface area contributed by atoms with Gasteiger partial charge in [-0.2, -0.15) is 0 Å². The molecule has 0 bridgehead atoms. The van der Waals surface area contributed by atoms with Crippen molar-refractivity contribution in [1.82, 2.24) is 15.5 Å². The third-order valence-corrected chi connectivity index (χ3v) is 2.56. The van der Waals surface area contributed by atoms with Crippen LogP contribution < -0.4 is 10.6 Å². The number of aliphatic hydroxyl groups is 1. The molecule has 0 saturated carbocycles. The quantitative estimate of drug-likeness (QED) is 0.483. The van der Waals surface area contributed by atoms with Gasteiger partial charge in [-0.1, -0.05) is 0 Å². The molecule has 0 aromatic rings. The molecular formula is C10H19N3O4. The summed E-state index contributed by atoms with van der Waals surface area (Å²) in [5, 5.41) is 14.4. The zero-order valence-electron chi connectivity index (χ0n) is 9.94. The molecule has 0 radical (unpaired) electrons. The molecular weight excluding hydrogens is 226 g/mol. The number of nitrogens with zero attached hydrogens (tertiary/aromatic N) is 1. The van der Waals surface area contributed by atoms with Crippen LogP contribution in [0.4, 0.5) is 0 Å². The maximum absolute atomic E-state index is 12.0. The molecule has 2 amide bonds. The maximum Gasteiger partial charge on any atom is 0.241 e. The minimum absolute atomic E-state index is 0.0888. The molecule has 0 spiro atoms. The first-order valence-electron chi connectivity index (χ1n) is 5.57. The van der Waals surface area contributed by atoms with Gasteiger partial charge in [-0.3, -0.25) is 14.9 Å². The summed E-state index contributed by atoms with van der Waals surface area (Å²) in [4.78, 5) is 24.5. The van der Waals surface area contributed by atoms with Crippen LogP contribution in [0.25, 0.3) is 0 Å². The number of hydrogen-bond donors (Lipinski definition) is 3. The van der Waals surface area contributed by atoms with Crippen molar-refractivity contribution in [1.29, 1.82) is 0 Å². The number of nitrogens with one attached hydrogen (secondary N) is 2. The topological polar surface area (TPSA) is 90.9 Å². The van der Waals surface area contributed by atoms with E-state index in [0.29, 0.717) is 13.2 Å². The van der Waals surface area contributed by atoms with Gasteiger partial charge in [-0.05, 0) is 0 Å². The summed E-state index contributed by atoms with van der Waals surface area (Å²) in [6, 6.07) is -0.420. The van der Waals surface area contributed by atoms with Crippen molar-refractivity contribution in [3.05, 3.63) is 0 Å². The number of aliphatic hydroxyl groups excluding tert-OH is 1. The number of carbonyl (C=O) groups is 2. The fourth-order valence-electron chi connectivity index (χ4n) is 1.62. The van der Waals surface area contributed by atoms with Crippen molar-refractivity contribution in [3.8, 4) is 0 Å². The van der Waals surface area contributed by atoms with Crippen molar-refractivity contribution in [3.63, 3.8) is 0 Å². The summed E-state index contributed by atoms with van der Waals surface area (Å²) in [6.07, 6.45) is 0. The Labute approximate surface area is 100 Å². The van der Waals surface area contributed by atoms with E-state index in [1.54, 1.807) is 7.11 Å². The molecule has 1 fully saturated rings. The summed E-state index contributed by atoms with van der Waals surface area (Å²) in [5.74, 6) is -0.240. The lowest BCUT2D eigenvalue weighted by atomic mass is 10.2. The predicted molar refractivity (Wildman–Crippen MR) is 60.3 cm³/mol. The molecule has 1 heterocycles. The fraction of sp³-hybridized carbons (Fsp3) is 0.800. The van der Waals surface area contributed by atoms with Crippen LogP contribution in [-0.4, -0.2) is 74.4 Å². The Hall–Kier alpha value is -1.18. The molecule has 1 rings (SSSR count). The molecule has 7 heteroatoms. The van der Waals surface area contributed by atoms with Gasteiger partial charge in [0.15, 0.2) is 0 Å². The van der Waals surface area contributed by atoms with E-state index < -0.39 is 6.04 Å². The third kappa shape index (κ3) is 4.29. The molecule has 1 unspecified atom stereocenters. The van der Waals surface area contributed by atoms with E-state index in [9.17, 15) is 9.59 Å². The van der Waals surface area contributed by atoms with Crippen LogP contribution in [0, 0.1) is 0 Å². The zero-order valence-corrected chi connectivity index (χ0v) is 9.94. The number of hydrogen-bond acceptors (Lipinski definition) is 5. The Morgan fingerprint density at radius 1 is 1.59 bits per heavy atom. The van der Waals surface area contributed by atoms with E-state index in [-0.39, 0.29) is 38.1 Å². The second-order valence-corrected chi connectivity index (χ2v) is 3.78. The molecule has 0 aromatic carbocycles. The highest BCUT2D eigenvalue weighted by molar-refractivity contribution is 5.86. The Kier molecular flexibility index (Phi) is 5.88. The Morgan fingerprint density at radius 3 is 2.88 bits per heavy atom. The fourth-order valence-corrected chi connectivity index (χ4v) is 1.62. The van der Waals surface area contributed by atoms with E-state index in [2.05, 4.69) is 10.6 Å². The lowest BCUT2D eigenvalue weighted by Gasteiger charge is -2.29. The van der Waals surface area contributed by atoms with Crippen molar-refractivity contribution < 1.29 is 19.4 Å². The van der Waals surface area contributed by atoms with Crippen molar-refractivity contribution in [2.75, 3.05) is 46.5 Å². The molecule has 3 N–H and O–H groups in total. The largest absolute Gasteiger partial charge is 0.395 e. The smallest absolute Gasteiger partial charge is 0.241 e. The van der Waals surface area contributed by atoms with Gasteiger partial charge in [0.2, 0.25) is 11.8 Å². The van der Waals surface area contributed by atoms with Crippen LogP contribution in [0.5, 0.6) is 0 Å². The number of piperazine rings is 1. The van der Waals surface area contributed by atoms with Crippen molar-refractivity contribution in [2.24, 2.45) is 0 Å². The summed E-state index contributed by atoms with van der Waals surface area (Å²) in [5.41, 5.74) is 0. The monoisotopic (exact) mass is 245 g/mol. The number of ether oxygens (including phenoxy) is 1. The van der Waals surface area contributed by atoms with Gasteiger partial charge >= 0.3 is 0 Å². The molecule has 1 aliphatic rings. The van der Waals surface area contributed by atoms with Gasteiger partial charge in [0.1, 0.15) is 6.04 Å². The van der Waals surface area contributed by atoms with Crippen molar-refractivity contribution >= 4 is 11.8 Å². The third-order valence-electron chi connectivity index (χ3n) is 2.56. The molecule has 0 aromatic heterocycles. The molecule has 98 valence electrons. The maximum atomic E-state index is 12.0. The SMILES string of the molecule is COCCN(CCO)C(=O)C1CNC(=O)CN1. The Balaban J connectivity index is 2.48. The van der Waals surface area contributed by atoms with Crippen LogP contribution in [0.3, 0.4) is 0 Å². The Morgan fingerprint density at radius 2 is 2.35 bits per heavy atom. The molecule has 7 nitrogen and oxygen atoms in total. The highest BCUT2D eigenvalue weighted by Crippen LogP contribution is 1.98. The minimum Gasteiger partial charge on any atom is -0.395 e. The average molecular weight is 245 g/mol. The van der Waals surface area contributed by atoms with Gasteiger partial charge in [0.25, 0.3) is 0 Å². The van der Waals surface area contributed by atoms with E-state index >= 15 is 0 Å².